The molecule has 1 amide bonds. The molecule has 0 saturated carbocycles. The molecule has 1 aliphatic heterocycles. The Labute approximate surface area is 121 Å². The summed E-state index contributed by atoms with van der Waals surface area (Å²) in [5.74, 6) is 0.207. The zero-order valence-electron chi connectivity index (χ0n) is 10.7. The van der Waals surface area contributed by atoms with Crippen LogP contribution >= 0.6 is 27.3 Å². The molecule has 2 rings (SSSR count). The maximum Gasteiger partial charge on any atom is 0.264 e. The number of piperazine rings is 1. The third-order valence-electron chi connectivity index (χ3n) is 3.28. The maximum absolute atomic E-state index is 12.3. The number of halogens is 1. The molecule has 0 bridgehead atoms. The summed E-state index contributed by atoms with van der Waals surface area (Å²) >= 11 is 5.09. The van der Waals surface area contributed by atoms with Crippen molar-refractivity contribution in [1.29, 1.82) is 0 Å². The van der Waals surface area contributed by atoms with Crippen molar-refractivity contribution in [2.24, 2.45) is 0 Å². The van der Waals surface area contributed by atoms with Gasteiger partial charge < -0.3 is 4.90 Å². The average Bonchev–Trinajstić information content (AvgIpc) is 2.88. The fourth-order valence-corrected chi connectivity index (χ4v) is 3.55. The molecule has 5 heteroatoms. The lowest BCUT2D eigenvalue weighted by Crippen LogP contribution is -2.48. The Morgan fingerprint density at radius 3 is 2.61 bits per heavy atom. The molecule has 100 valence electrons. The van der Waals surface area contributed by atoms with Crippen molar-refractivity contribution in [3.8, 4) is 0 Å². The molecule has 1 aliphatic rings. The third-order valence-corrected chi connectivity index (χ3v) is 4.85. The second kappa shape index (κ2) is 6.68. The third kappa shape index (κ3) is 3.33. The number of thiophene rings is 1. The topological polar surface area (TPSA) is 23.6 Å². The van der Waals surface area contributed by atoms with E-state index >= 15 is 0 Å². The van der Waals surface area contributed by atoms with Gasteiger partial charge in [0.25, 0.3) is 5.91 Å². The minimum Gasteiger partial charge on any atom is -0.335 e. The first-order valence-electron chi connectivity index (χ1n) is 6.41. The standard InChI is InChI=1S/C13H19BrN2OS/c1-2-11-3-4-12(18-11)13(17)16-9-7-15(6-5-14)8-10-16/h3-4H,2,5-10H2,1H3. The number of hydrogen-bond donors (Lipinski definition) is 0. The van der Waals surface area contributed by atoms with Crippen LogP contribution in [-0.2, 0) is 6.42 Å². The maximum atomic E-state index is 12.3. The van der Waals surface area contributed by atoms with Crippen LogP contribution < -0.4 is 0 Å². The lowest BCUT2D eigenvalue weighted by atomic mass is 10.3. The van der Waals surface area contributed by atoms with Crippen molar-refractivity contribution in [1.82, 2.24) is 9.80 Å². The normalized spacial score (nSPS) is 17.1. The lowest BCUT2D eigenvalue weighted by molar-refractivity contribution is 0.0650. The first kappa shape index (κ1) is 14.0. The number of alkyl halides is 1. The van der Waals surface area contributed by atoms with Crippen LogP contribution in [0.15, 0.2) is 12.1 Å². The van der Waals surface area contributed by atoms with Crippen LogP contribution in [0.1, 0.15) is 21.5 Å². The molecular weight excluding hydrogens is 312 g/mol. The summed E-state index contributed by atoms with van der Waals surface area (Å²) in [5, 5.41) is 1.01. The van der Waals surface area contributed by atoms with Gasteiger partial charge >= 0.3 is 0 Å². The van der Waals surface area contributed by atoms with Gasteiger partial charge in [-0.05, 0) is 18.6 Å². The fraction of sp³-hybridized carbons (Fsp3) is 0.615. The van der Waals surface area contributed by atoms with E-state index in [9.17, 15) is 4.79 Å². The first-order valence-corrected chi connectivity index (χ1v) is 8.34. The van der Waals surface area contributed by atoms with Gasteiger partial charge in [0.05, 0.1) is 4.88 Å². The first-order chi connectivity index (χ1) is 8.74. The van der Waals surface area contributed by atoms with Crippen molar-refractivity contribution >= 4 is 33.2 Å². The lowest BCUT2D eigenvalue weighted by Gasteiger charge is -2.34. The number of nitrogens with zero attached hydrogens (tertiary/aromatic N) is 2. The Hall–Kier alpha value is -0.390. The quantitative estimate of drug-likeness (QED) is 0.792. The van der Waals surface area contributed by atoms with Crippen molar-refractivity contribution in [2.45, 2.75) is 13.3 Å². The minimum atomic E-state index is 0.207. The van der Waals surface area contributed by atoms with Crippen LogP contribution in [0.25, 0.3) is 0 Å². The molecule has 2 heterocycles. The highest BCUT2D eigenvalue weighted by Crippen LogP contribution is 2.19. The molecule has 1 aromatic rings. The highest BCUT2D eigenvalue weighted by Gasteiger charge is 2.22. The predicted octanol–water partition coefficient (Wildman–Crippen LogP) is 2.46. The van der Waals surface area contributed by atoms with E-state index in [1.165, 1.54) is 4.88 Å². The number of carbonyl (C=O) groups excluding carboxylic acids is 1. The molecule has 0 unspecified atom stereocenters. The highest BCUT2D eigenvalue weighted by atomic mass is 79.9. The average molecular weight is 331 g/mol. The second-order valence-electron chi connectivity index (χ2n) is 4.44. The Bertz CT molecular complexity index is 399. The molecular formula is C13H19BrN2OS. The van der Waals surface area contributed by atoms with E-state index in [-0.39, 0.29) is 5.91 Å². The van der Waals surface area contributed by atoms with Crippen molar-refractivity contribution in [2.75, 3.05) is 38.1 Å². The summed E-state index contributed by atoms with van der Waals surface area (Å²) in [4.78, 5) is 18.9. The Morgan fingerprint density at radius 1 is 1.33 bits per heavy atom. The Kier molecular flexibility index (Phi) is 5.21. The summed E-state index contributed by atoms with van der Waals surface area (Å²) in [6.45, 7) is 6.88. The molecule has 0 radical (unpaired) electrons. The largest absolute Gasteiger partial charge is 0.335 e. The van der Waals surface area contributed by atoms with Gasteiger partial charge in [-0.3, -0.25) is 9.69 Å². The molecule has 1 aromatic heterocycles. The molecule has 1 fully saturated rings. The number of hydrogen-bond acceptors (Lipinski definition) is 3. The van der Waals surface area contributed by atoms with Crippen LogP contribution in [0.3, 0.4) is 0 Å². The number of carbonyl (C=O) groups is 1. The minimum absolute atomic E-state index is 0.207. The zero-order valence-corrected chi connectivity index (χ0v) is 13.1. The van der Waals surface area contributed by atoms with Gasteiger partial charge in [-0.1, -0.05) is 22.9 Å². The number of rotatable bonds is 4. The van der Waals surface area contributed by atoms with Gasteiger partial charge in [-0.15, -0.1) is 11.3 Å². The Balaban J connectivity index is 1.91. The van der Waals surface area contributed by atoms with E-state index in [0.717, 1.165) is 49.4 Å². The molecule has 18 heavy (non-hydrogen) atoms. The van der Waals surface area contributed by atoms with Crippen LogP contribution in [0.4, 0.5) is 0 Å². The van der Waals surface area contributed by atoms with Crippen LogP contribution in [0, 0.1) is 0 Å². The summed E-state index contributed by atoms with van der Waals surface area (Å²) in [6.07, 6.45) is 1.01. The van der Waals surface area contributed by atoms with Gasteiger partial charge in [-0.2, -0.15) is 0 Å². The van der Waals surface area contributed by atoms with Crippen molar-refractivity contribution < 1.29 is 4.79 Å². The predicted molar refractivity (Wildman–Crippen MR) is 79.8 cm³/mol. The summed E-state index contributed by atoms with van der Waals surface area (Å²) < 4.78 is 0. The van der Waals surface area contributed by atoms with Gasteiger partial charge in [0.15, 0.2) is 0 Å². The van der Waals surface area contributed by atoms with E-state index in [2.05, 4.69) is 33.8 Å². The fourth-order valence-electron chi connectivity index (χ4n) is 2.13. The summed E-state index contributed by atoms with van der Waals surface area (Å²) in [5.41, 5.74) is 0. The van der Waals surface area contributed by atoms with Gasteiger partial charge in [-0.25, -0.2) is 0 Å². The molecule has 0 spiro atoms. The van der Waals surface area contributed by atoms with E-state index < -0.39 is 0 Å². The van der Waals surface area contributed by atoms with Crippen LogP contribution in [0.5, 0.6) is 0 Å². The second-order valence-corrected chi connectivity index (χ2v) is 6.40. The van der Waals surface area contributed by atoms with E-state index in [1.807, 2.05) is 11.0 Å². The Morgan fingerprint density at radius 2 is 2.06 bits per heavy atom. The molecule has 0 atom stereocenters. The molecule has 1 saturated heterocycles. The highest BCUT2D eigenvalue weighted by molar-refractivity contribution is 9.09. The van der Waals surface area contributed by atoms with Gasteiger partial charge in [0.1, 0.15) is 0 Å². The number of amides is 1. The molecule has 0 aromatic carbocycles. The monoisotopic (exact) mass is 330 g/mol. The van der Waals surface area contributed by atoms with Crippen LogP contribution in [-0.4, -0.2) is 53.8 Å². The zero-order chi connectivity index (χ0) is 13.0. The van der Waals surface area contributed by atoms with Gasteiger partial charge in [0.2, 0.25) is 0 Å². The van der Waals surface area contributed by atoms with Crippen molar-refractivity contribution in [3.05, 3.63) is 21.9 Å². The number of aryl methyl sites for hydroxylation is 1. The summed E-state index contributed by atoms with van der Waals surface area (Å²) in [7, 11) is 0. The molecule has 0 aliphatic carbocycles. The molecule has 3 nitrogen and oxygen atoms in total. The smallest absolute Gasteiger partial charge is 0.264 e. The van der Waals surface area contributed by atoms with E-state index in [0.29, 0.717) is 0 Å². The summed E-state index contributed by atoms with van der Waals surface area (Å²) in [6, 6.07) is 4.04. The van der Waals surface area contributed by atoms with E-state index in [1.54, 1.807) is 11.3 Å². The van der Waals surface area contributed by atoms with Crippen LogP contribution in [0.2, 0.25) is 0 Å². The molecule has 0 N–H and O–H groups in total. The SMILES string of the molecule is CCc1ccc(C(=O)N2CCN(CCBr)CC2)s1. The van der Waals surface area contributed by atoms with Gasteiger partial charge in [0, 0.05) is 42.9 Å². The van der Waals surface area contributed by atoms with E-state index in [4.69, 9.17) is 0 Å². The van der Waals surface area contributed by atoms with Crippen molar-refractivity contribution in [3.63, 3.8) is 0 Å².